The average Bonchev–Trinajstić information content (AvgIpc) is 3.11. The second-order valence-corrected chi connectivity index (χ2v) is 14.1. The monoisotopic (exact) mass is 736 g/mol. The molecule has 4 rings (SSSR count). The van der Waals surface area contributed by atoms with Crippen LogP contribution in [0, 0.1) is 0 Å². The van der Waals surface area contributed by atoms with Crippen molar-refractivity contribution >= 4 is 48.2 Å². The van der Waals surface area contributed by atoms with Crippen molar-refractivity contribution in [3.63, 3.8) is 0 Å². The lowest BCUT2D eigenvalue weighted by Crippen LogP contribution is -2.04. The van der Waals surface area contributed by atoms with Gasteiger partial charge in [-0.3, -0.25) is 0 Å². The largest absolute Gasteiger partial charge is 0.492 e. The Hall–Kier alpha value is -2.86. The van der Waals surface area contributed by atoms with Crippen LogP contribution in [-0.4, -0.2) is 33.0 Å². The third-order valence-corrected chi connectivity index (χ3v) is 9.76. The summed E-state index contributed by atoms with van der Waals surface area (Å²) in [4.78, 5) is 0. The molecule has 0 saturated heterocycles. The van der Waals surface area contributed by atoms with Crippen molar-refractivity contribution in [1.29, 1.82) is 0 Å². The molecule has 0 N–H and O–H groups in total. The zero-order valence-corrected chi connectivity index (χ0v) is 32.6. The Morgan fingerprint density at radius 2 is 0.551 bits per heavy atom. The molecule has 4 aromatic rings. The Balaban J connectivity index is 1.95. The predicted molar refractivity (Wildman–Crippen MR) is 212 cm³/mol. The highest BCUT2D eigenvalue weighted by Gasteiger charge is 2.19. The predicted octanol–water partition coefficient (Wildman–Crippen LogP) is 13.8. The Bertz CT molecular complexity index is 1530. The van der Waals surface area contributed by atoms with Crippen LogP contribution in [0.2, 0.25) is 0 Å². The lowest BCUT2D eigenvalue weighted by Gasteiger charge is -2.20. The number of hydrogen-bond donors (Lipinski definition) is 0. The van der Waals surface area contributed by atoms with Crippen LogP contribution < -0.4 is 23.7 Å². The van der Waals surface area contributed by atoms with Crippen molar-refractivity contribution in [2.75, 3.05) is 33.0 Å². The summed E-state index contributed by atoms with van der Waals surface area (Å²) in [6.45, 7) is 14.5. The van der Waals surface area contributed by atoms with E-state index in [0.717, 1.165) is 162 Å². The minimum atomic E-state index is 0.667. The van der Waals surface area contributed by atoms with E-state index in [1.54, 1.807) is 0 Å². The Morgan fingerprint density at radius 3 is 0.816 bits per heavy atom. The highest BCUT2D eigenvalue weighted by atomic mass is 79.9. The summed E-state index contributed by atoms with van der Waals surface area (Å²) < 4.78 is 33.3. The van der Waals surface area contributed by atoms with E-state index in [1.807, 2.05) is 0 Å². The van der Waals surface area contributed by atoms with Crippen LogP contribution in [0.5, 0.6) is 28.7 Å². The van der Waals surface area contributed by atoms with Gasteiger partial charge in [0.25, 0.3) is 0 Å². The van der Waals surface area contributed by atoms with Crippen LogP contribution >= 0.6 is 15.9 Å². The highest BCUT2D eigenvalue weighted by Crippen LogP contribution is 2.46. The van der Waals surface area contributed by atoms with Crippen LogP contribution in [0.15, 0.2) is 40.9 Å². The van der Waals surface area contributed by atoms with Gasteiger partial charge in [0.1, 0.15) is 5.75 Å². The Kier molecular flexibility index (Phi) is 17.0. The topological polar surface area (TPSA) is 46.2 Å². The molecule has 49 heavy (non-hydrogen) atoms. The first-order valence-electron chi connectivity index (χ1n) is 19.4. The highest BCUT2D eigenvalue weighted by molar-refractivity contribution is 9.10. The van der Waals surface area contributed by atoms with E-state index >= 15 is 0 Å². The molecule has 0 heterocycles. The zero-order valence-electron chi connectivity index (χ0n) is 31.0. The maximum absolute atomic E-state index is 6.49. The van der Waals surface area contributed by atoms with E-state index in [0.29, 0.717) is 33.0 Å². The molecule has 6 heteroatoms. The summed E-state index contributed by atoms with van der Waals surface area (Å²) >= 11 is 3.87. The van der Waals surface area contributed by atoms with Crippen molar-refractivity contribution < 1.29 is 23.7 Å². The van der Waals surface area contributed by atoms with Crippen LogP contribution in [0.4, 0.5) is 0 Å². The molecule has 0 fully saturated rings. The van der Waals surface area contributed by atoms with E-state index in [1.165, 1.54) is 0 Å². The van der Waals surface area contributed by atoms with Gasteiger partial charge < -0.3 is 23.7 Å². The lowest BCUT2D eigenvalue weighted by molar-refractivity contribution is 0.260. The SMILES string of the molecule is CCCCCOc1cc2c(cc1Br)c1cc(OCCCCC)c(OCCCCC)cc1c1cc(OCCCCC)c(OCCCCC)cc21. The molecule has 0 aliphatic carbocycles. The quantitative estimate of drug-likeness (QED) is 0.0501. The van der Waals surface area contributed by atoms with Gasteiger partial charge in [0.2, 0.25) is 0 Å². The van der Waals surface area contributed by atoms with E-state index in [9.17, 15) is 0 Å². The molecule has 0 atom stereocenters. The molecule has 0 aromatic heterocycles. The third kappa shape index (κ3) is 11.1. The molecular weight excluding hydrogens is 676 g/mol. The molecule has 270 valence electrons. The molecule has 0 spiro atoms. The second kappa shape index (κ2) is 21.4. The van der Waals surface area contributed by atoms with Crippen LogP contribution in [0.3, 0.4) is 0 Å². The van der Waals surface area contributed by atoms with Crippen LogP contribution in [0.1, 0.15) is 131 Å². The number of ether oxygens (including phenoxy) is 5. The minimum Gasteiger partial charge on any atom is -0.492 e. The number of hydrogen-bond acceptors (Lipinski definition) is 5. The first kappa shape index (κ1) is 38.9. The molecule has 0 bridgehead atoms. The van der Waals surface area contributed by atoms with E-state index in [2.05, 4.69) is 86.9 Å². The third-order valence-electron chi connectivity index (χ3n) is 9.14. The number of unbranched alkanes of at least 4 members (excludes halogenated alkanes) is 10. The summed E-state index contributed by atoms with van der Waals surface area (Å²) in [5, 5.41) is 6.74. The Labute approximate surface area is 304 Å². The smallest absolute Gasteiger partial charge is 0.161 e. The number of fused-ring (bicyclic) bond motifs is 6. The van der Waals surface area contributed by atoms with Gasteiger partial charge in [0, 0.05) is 0 Å². The van der Waals surface area contributed by atoms with Gasteiger partial charge in [-0.1, -0.05) is 98.8 Å². The van der Waals surface area contributed by atoms with Gasteiger partial charge in [0.15, 0.2) is 23.0 Å². The molecule has 0 amide bonds. The van der Waals surface area contributed by atoms with E-state index in [4.69, 9.17) is 23.7 Å². The summed E-state index contributed by atoms with van der Waals surface area (Å²) in [5.41, 5.74) is 0. The van der Waals surface area contributed by atoms with Crippen LogP contribution in [0.25, 0.3) is 32.3 Å². The standard InChI is InChI=1S/C43H61BrO5/c1-6-11-16-21-45-39-27-33-32(26-38(39)44)34-28-40(46-22-17-12-7-2)42(48-24-19-14-9-4)30-36(34)37-31-43(49-25-20-15-10-5)41(29-35(33)37)47-23-18-13-8-3/h26-31H,6-25H2,1-5H3. The fourth-order valence-electron chi connectivity index (χ4n) is 6.24. The molecule has 4 aromatic carbocycles. The first-order valence-corrected chi connectivity index (χ1v) is 20.2. The van der Waals surface area contributed by atoms with Gasteiger partial charge in [-0.25, -0.2) is 0 Å². The van der Waals surface area contributed by atoms with Gasteiger partial charge in [-0.05, 0) is 117 Å². The lowest BCUT2D eigenvalue weighted by atomic mass is 9.93. The molecule has 0 saturated carbocycles. The maximum Gasteiger partial charge on any atom is 0.161 e. The Morgan fingerprint density at radius 1 is 0.327 bits per heavy atom. The molecular formula is C43H61BrO5. The van der Waals surface area contributed by atoms with Gasteiger partial charge in [-0.2, -0.15) is 0 Å². The van der Waals surface area contributed by atoms with Gasteiger partial charge in [-0.15, -0.1) is 0 Å². The number of benzene rings is 4. The van der Waals surface area contributed by atoms with Gasteiger partial charge >= 0.3 is 0 Å². The van der Waals surface area contributed by atoms with Crippen molar-refractivity contribution in [1.82, 2.24) is 0 Å². The minimum absolute atomic E-state index is 0.667. The van der Waals surface area contributed by atoms with Crippen molar-refractivity contribution in [2.24, 2.45) is 0 Å². The van der Waals surface area contributed by atoms with E-state index in [-0.39, 0.29) is 0 Å². The summed E-state index contributed by atoms with van der Waals surface area (Å²) in [7, 11) is 0. The first-order chi connectivity index (χ1) is 24.1. The number of halogens is 1. The average molecular weight is 738 g/mol. The summed E-state index contributed by atoms with van der Waals surface area (Å²) in [6, 6.07) is 13.2. The fraction of sp³-hybridized carbons (Fsp3) is 0.581. The van der Waals surface area contributed by atoms with E-state index < -0.39 is 0 Å². The van der Waals surface area contributed by atoms with Crippen molar-refractivity contribution in [3.05, 3.63) is 40.9 Å². The van der Waals surface area contributed by atoms with Crippen molar-refractivity contribution in [3.8, 4) is 28.7 Å². The summed E-state index contributed by atoms with van der Waals surface area (Å²) in [5.74, 6) is 4.09. The normalized spacial score (nSPS) is 11.5. The molecule has 0 radical (unpaired) electrons. The zero-order chi connectivity index (χ0) is 34.8. The van der Waals surface area contributed by atoms with Gasteiger partial charge in [0.05, 0.1) is 37.5 Å². The fourth-order valence-corrected chi connectivity index (χ4v) is 6.70. The molecule has 0 aliphatic rings. The maximum atomic E-state index is 6.49. The molecule has 0 unspecified atom stereocenters. The molecule has 0 aliphatic heterocycles. The summed E-state index contributed by atoms with van der Waals surface area (Å²) in [6.07, 6.45) is 16.6. The second-order valence-electron chi connectivity index (χ2n) is 13.3. The molecule has 5 nitrogen and oxygen atoms in total. The van der Waals surface area contributed by atoms with Crippen LogP contribution in [-0.2, 0) is 0 Å². The number of rotatable bonds is 25. The van der Waals surface area contributed by atoms with Crippen molar-refractivity contribution in [2.45, 2.75) is 131 Å².